The Labute approximate surface area is 231 Å². The largest absolute Gasteiger partial charge is 0.450 e. The normalized spacial score (nSPS) is 21.2. The van der Waals surface area contributed by atoms with Crippen LogP contribution < -0.4 is 10.6 Å². The Hall–Kier alpha value is -2.97. The van der Waals surface area contributed by atoms with Crippen molar-refractivity contribution in [2.75, 3.05) is 33.3 Å². The summed E-state index contributed by atoms with van der Waals surface area (Å²) >= 11 is 0. The number of aryl methyl sites for hydroxylation is 1. The number of amides is 2. The Balaban J connectivity index is 1.68. The molecule has 0 aromatic heterocycles. The van der Waals surface area contributed by atoms with Crippen LogP contribution in [0.4, 0.5) is 9.18 Å². The summed E-state index contributed by atoms with van der Waals surface area (Å²) in [5, 5.41) is 18.3. The molecule has 3 N–H and O–H groups in total. The van der Waals surface area contributed by atoms with Crippen LogP contribution in [0.15, 0.2) is 42.5 Å². The van der Waals surface area contributed by atoms with E-state index in [2.05, 4.69) is 17.6 Å². The number of hydrogen-bond acceptors (Lipinski definition) is 5. The number of alkyl carbamates (subject to hydrolysis) is 1. The van der Waals surface area contributed by atoms with Gasteiger partial charge in [0.25, 0.3) is 0 Å². The second-order valence-electron chi connectivity index (χ2n) is 10.8. The number of likely N-dealkylation sites (tertiary alicyclic amines) is 1. The first-order valence-electron chi connectivity index (χ1n) is 14.3. The molecule has 2 aliphatic heterocycles. The van der Waals surface area contributed by atoms with Gasteiger partial charge in [-0.05, 0) is 74.2 Å². The zero-order valence-electron chi connectivity index (χ0n) is 23.2. The molecule has 3 unspecified atom stereocenters. The van der Waals surface area contributed by atoms with Crippen molar-refractivity contribution >= 4 is 12.0 Å². The van der Waals surface area contributed by atoms with Gasteiger partial charge >= 0.3 is 6.09 Å². The molecule has 2 fully saturated rings. The third-order valence-corrected chi connectivity index (χ3v) is 8.26. The number of benzene rings is 2. The SMILES string of the molecule is CCc1cccc(-c2c(F)cccc2C(O)(CCCOC(=O)NC)C2CCCN(C(=O)C3CCCCN3)C2)c1. The summed E-state index contributed by atoms with van der Waals surface area (Å²) in [5.74, 6) is -0.607. The highest BCUT2D eigenvalue weighted by Gasteiger charge is 2.43. The minimum atomic E-state index is -1.43. The Bertz CT molecular complexity index is 1140. The number of carbonyl (C=O) groups excluding carboxylic acids is 2. The van der Waals surface area contributed by atoms with Crippen LogP contribution in [-0.2, 0) is 21.6 Å². The van der Waals surface area contributed by atoms with Crippen molar-refractivity contribution in [3.05, 3.63) is 59.4 Å². The Morgan fingerprint density at radius 3 is 2.74 bits per heavy atom. The first-order chi connectivity index (χ1) is 18.9. The van der Waals surface area contributed by atoms with E-state index < -0.39 is 17.5 Å². The lowest BCUT2D eigenvalue weighted by molar-refractivity contribution is -0.139. The predicted molar refractivity (Wildman–Crippen MR) is 150 cm³/mol. The monoisotopic (exact) mass is 539 g/mol. The second kappa shape index (κ2) is 13.4. The lowest BCUT2D eigenvalue weighted by Gasteiger charge is -2.44. The van der Waals surface area contributed by atoms with Gasteiger partial charge in [0.15, 0.2) is 0 Å². The van der Waals surface area contributed by atoms with Gasteiger partial charge in [-0.2, -0.15) is 0 Å². The summed E-state index contributed by atoms with van der Waals surface area (Å²) in [4.78, 5) is 26.9. The molecule has 8 heteroatoms. The molecule has 2 aliphatic rings. The summed E-state index contributed by atoms with van der Waals surface area (Å²) in [6.07, 6.45) is 5.33. The van der Waals surface area contributed by atoms with E-state index in [9.17, 15) is 14.7 Å². The smallest absolute Gasteiger partial charge is 0.406 e. The summed E-state index contributed by atoms with van der Waals surface area (Å²) < 4.78 is 20.8. The number of carbonyl (C=O) groups is 2. The van der Waals surface area contributed by atoms with Crippen molar-refractivity contribution in [2.24, 2.45) is 5.92 Å². The first-order valence-corrected chi connectivity index (χ1v) is 14.3. The van der Waals surface area contributed by atoms with Crippen LogP contribution in [-0.4, -0.2) is 61.3 Å². The highest BCUT2D eigenvalue weighted by molar-refractivity contribution is 5.82. The molecule has 212 valence electrons. The zero-order valence-corrected chi connectivity index (χ0v) is 23.2. The fraction of sp³-hybridized carbons (Fsp3) is 0.548. The minimum absolute atomic E-state index is 0.0832. The highest BCUT2D eigenvalue weighted by atomic mass is 19.1. The van der Waals surface area contributed by atoms with E-state index in [1.807, 2.05) is 29.2 Å². The molecule has 2 aromatic rings. The molecule has 2 saturated heterocycles. The average molecular weight is 540 g/mol. The van der Waals surface area contributed by atoms with Crippen molar-refractivity contribution in [3.8, 4) is 11.1 Å². The van der Waals surface area contributed by atoms with Gasteiger partial charge in [-0.3, -0.25) is 4.79 Å². The molecular formula is C31H42FN3O4. The van der Waals surface area contributed by atoms with E-state index >= 15 is 4.39 Å². The number of halogens is 1. The Morgan fingerprint density at radius 1 is 1.18 bits per heavy atom. The topological polar surface area (TPSA) is 90.9 Å². The Kier molecular flexibility index (Phi) is 9.97. The van der Waals surface area contributed by atoms with E-state index in [1.165, 1.54) is 13.1 Å². The maximum Gasteiger partial charge on any atom is 0.406 e. The van der Waals surface area contributed by atoms with Gasteiger partial charge < -0.3 is 25.4 Å². The number of hydrogen-bond donors (Lipinski definition) is 3. The Morgan fingerprint density at radius 2 is 2.00 bits per heavy atom. The molecule has 0 radical (unpaired) electrons. The van der Waals surface area contributed by atoms with E-state index in [4.69, 9.17) is 4.74 Å². The van der Waals surface area contributed by atoms with Gasteiger partial charge in [-0.15, -0.1) is 0 Å². The molecule has 2 aromatic carbocycles. The number of nitrogens with one attached hydrogen (secondary N) is 2. The zero-order chi connectivity index (χ0) is 27.8. The van der Waals surface area contributed by atoms with Crippen LogP contribution >= 0.6 is 0 Å². The van der Waals surface area contributed by atoms with Gasteiger partial charge in [0.1, 0.15) is 5.82 Å². The molecule has 4 rings (SSSR count). The number of rotatable bonds is 9. The van der Waals surface area contributed by atoms with Crippen LogP contribution in [0.5, 0.6) is 0 Å². The van der Waals surface area contributed by atoms with Crippen molar-refractivity contribution in [2.45, 2.75) is 69.9 Å². The van der Waals surface area contributed by atoms with Crippen LogP contribution in [0.2, 0.25) is 0 Å². The standard InChI is InChI=1S/C31H42FN3O4/c1-3-22-10-6-11-23(20-22)28-25(13-7-14-26(28)32)31(38,16-9-19-39-30(37)33-2)24-12-8-18-35(21-24)29(36)27-15-4-5-17-34-27/h6-7,10-11,13-14,20,24,27,34,38H,3-5,8-9,12,15-19,21H2,1-2H3,(H,33,37). The second-order valence-corrected chi connectivity index (χ2v) is 10.8. The molecule has 2 amide bonds. The van der Waals surface area contributed by atoms with Gasteiger partial charge in [-0.1, -0.05) is 49.7 Å². The predicted octanol–water partition coefficient (Wildman–Crippen LogP) is 4.76. The number of piperidine rings is 2. The number of ether oxygens (including phenoxy) is 1. The third kappa shape index (κ3) is 6.79. The molecule has 0 aliphatic carbocycles. The van der Waals surface area contributed by atoms with Crippen molar-refractivity contribution in [3.63, 3.8) is 0 Å². The maximum absolute atomic E-state index is 15.6. The van der Waals surface area contributed by atoms with Gasteiger partial charge in [-0.25, -0.2) is 9.18 Å². The fourth-order valence-electron chi connectivity index (χ4n) is 6.11. The van der Waals surface area contributed by atoms with Gasteiger partial charge in [0.05, 0.1) is 18.2 Å². The van der Waals surface area contributed by atoms with Crippen LogP contribution in [0.25, 0.3) is 11.1 Å². The summed E-state index contributed by atoms with van der Waals surface area (Å²) in [6, 6.07) is 12.5. The van der Waals surface area contributed by atoms with Crippen molar-refractivity contribution < 1.29 is 23.8 Å². The average Bonchev–Trinajstić information content (AvgIpc) is 2.99. The third-order valence-electron chi connectivity index (χ3n) is 8.26. The molecule has 39 heavy (non-hydrogen) atoms. The highest BCUT2D eigenvalue weighted by Crippen LogP contribution is 2.44. The number of aliphatic hydroxyl groups is 1. The van der Waals surface area contributed by atoms with Crippen LogP contribution in [0.1, 0.15) is 63.0 Å². The van der Waals surface area contributed by atoms with Crippen LogP contribution in [0, 0.1) is 11.7 Å². The van der Waals surface area contributed by atoms with E-state index in [-0.39, 0.29) is 30.9 Å². The summed E-state index contributed by atoms with van der Waals surface area (Å²) in [6.45, 7) is 4.07. The molecule has 0 saturated carbocycles. The molecule has 0 spiro atoms. The van der Waals surface area contributed by atoms with E-state index in [0.717, 1.165) is 49.8 Å². The van der Waals surface area contributed by atoms with Gasteiger partial charge in [0, 0.05) is 31.6 Å². The molecular weight excluding hydrogens is 497 g/mol. The first kappa shape index (κ1) is 29.0. The summed E-state index contributed by atoms with van der Waals surface area (Å²) in [5.41, 5.74) is 1.28. The van der Waals surface area contributed by atoms with Crippen LogP contribution in [0.3, 0.4) is 0 Å². The molecule has 7 nitrogen and oxygen atoms in total. The van der Waals surface area contributed by atoms with Crippen molar-refractivity contribution in [1.82, 2.24) is 15.5 Å². The minimum Gasteiger partial charge on any atom is -0.450 e. The summed E-state index contributed by atoms with van der Waals surface area (Å²) in [7, 11) is 1.50. The number of nitrogens with zero attached hydrogens (tertiary/aromatic N) is 1. The fourth-order valence-corrected chi connectivity index (χ4v) is 6.11. The lowest BCUT2D eigenvalue weighted by atomic mass is 9.72. The molecule has 2 heterocycles. The maximum atomic E-state index is 15.6. The molecule has 0 bridgehead atoms. The van der Waals surface area contributed by atoms with Crippen molar-refractivity contribution in [1.29, 1.82) is 0 Å². The molecule has 3 atom stereocenters. The van der Waals surface area contributed by atoms with E-state index in [1.54, 1.807) is 12.1 Å². The van der Waals surface area contributed by atoms with Gasteiger partial charge in [0.2, 0.25) is 5.91 Å². The lowest BCUT2D eigenvalue weighted by Crippen LogP contribution is -2.54. The van der Waals surface area contributed by atoms with E-state index in [0.29, 0.717) is 37.1 Å². The quantitative estimate of drug-likeness (QED) is 0.400.